The fourth-order valence-corrected chi connectivity index (χ4v) is 3.36. The lowest BCUT2D eigenvalue weighted by Gasteiger charge is -2.12. The third-order valence-electron chi connectivity index (χ3n) is 3.48. The van der Waals surface area contributed by atoms with Crippen molar-refractivity contribution in [1.82, 2.24) is 10.3 Å². The minimum Gasteiger partial charge on any atom is -0.309 e. The van der Waals surface area contributed by atoms with Crippen LogP contribution in [0.5, 0.6) is 0 Å². The Balaban J connectivity index is 1.50. The summed E-state index contributed by atoms with van der Waals surface area (Å²) >= 11 is 1.81. The Kier molecular flexibility index (Phi) is 2.10. The molecular formula is C11H16N2S. The van der Waals surface area contributed by atoms with Crippen LogP contribution in [-0.4, -0.2) is 11.0 Å². The van der Waals surface area contributed by atoms with Crippen LogP contribution in [0.15, 0.2) is 6.20 Å². The van der Waals surface area contributed by atoms with Gasteiger partial charge in [0, 0.05) is 23.7 Å². The molecule has 1 N–H and O–H groups in total. The van der Waals surface area contributed by atoms with Gasteiger partial charge in [-0.2, -0.15) is 0 Å². The van der Waals surface area contributed by atoms with Gasteiger partial charge in [-0.1, -0.05) is 0 Å². The van der Waals surface area contributed by atoms with Crippen molar-refractivity contribution in [3.8, 4) is 0 Å². The van der Waals surface area contributed by atoms with E-state index in [1.165, 1.54) is 29.1 Å². The van der Waals surface area contributed by atoms with Gasteiger partial charge in [0.05, 0.1) is 5.01 Å². The summed E-state index contributed by atoms with van der Waals surface area (Å²) in [6.07, 6.45) is 6.35. The van der Waals surface area contributed by atoms with Crippen molar-refractivity contribution in [2.45, 2.75) is 38.8 Å². The van der Waals surface area contributed by atoms with Crippen molar-refractivity contribution in [1.29, 1.82) is 0 Å². The molecule has 0 bridgehead atoms. The highest BCUT2D eigenvalue weighted by Crippen LogP contribution is 2.51. The SMILES string of the molecule is Cc1ncc(CNC2CC3CC3C2)s1. The molecule has 14 heavy (non-hydrogen) atoms. The standard InChI is InChI=1S/C11H16N2S/c1-7-12-5-11(14-7)6-13-10-3-8-2-9(8)4-10/h5,8-10,13H,2-4,6H2,1H3. The molecule has 0 radical (unpaired) electrons. The number of hydrogen-bond acceptors (Lipinski definition) is 3. The molecule has 3 heteroatoms. The van der Waals surface area contributed by atoms with Gasteiger partial charge >= 0.3 is 0 Å². The zero-order valence-electron chi connectivity index (χ0n) is 8.49. The molecule has 0 aromatic carbocycles. The maximum atomic E-state index is 4.26. The zero-order valence-corrected chi connectivity index (χ0v) is 9.31. The Hall–Kier alpha value is -0.410. The van der Waals surface area contributed by atoms with Gasteiger partial charge in [0.25, 0.3) is 0 Å². The van der Waals surface area contributed by atoms with Crippen molar-refractivity contribution in [3.05, 3.63) is 16.1 Å². The number of thiazole rings is 1. The predicted molar refractivity (Wildman–Crippen MR) is 58.3 cm³/mol. The lowest BCUT2D eigenvalue weighted by Crippen LogP contribution is -2.26. The first-order valence-corrected chi connectivity index (χ1v) is 6.27. The number of nitrogens with zero attached hydrogens (tertiary/aromatic N) is 1. The van der Waals surface area contributed by atoms with Gasteiger partial charge in [-0.15, -0.1) is 11.3 Å². The van der Waals surface area contributed by atoms with Crippen LogP contribution in [-0.2, 0) is 6.54 Å². The monoisotopic (exact) mass is 208 g/mol. The molecule has 2 unspecified atom stereocenters. The van der Waals surface area contributed by atoms with Gasteiger partial charge in [-0.05, 0) is 38.0 Å². The quantitative estimate of drug-likeness (QED) is 0.824. The van der Waals surface area contributed by atoms with Crippen molar-refractivity contribution >= 4 is 11.3 Å². The molecule has 0 aliphatic heterocycles. The van der Waals surface area contributed by atoms with Crippen LogP contribution in [0.3, 0.4) is 0 Å². The van der Waals surface area contributed by atoms with E-state index < -0.39 is 0 Å². The molecule has 2 nitrogen and oxygen atoms in total. The minimum atomic E-state index is 0.793. The average Bonchev–Trinajstić information content (AvgIpc) is 2.63. The van der Waals surface area contributed by atoms with Gasteiger partial charge in [0.1, 0.15) is 0 Å². The molecule has 0 spiro atoms. The van der Waals surface area contributed by atoms with Crippen molar-refractivity contribution in [3.63, 3.8) is 0 Å². The maximum Gasteiger partial charge on any atom is 0.0897 e. The van der Waals surface area contributed by atoms with E-state index in [0.29, 0.717) is 0 Å². The van der Waals surface area contributed by atoms with E-state index in [0.717, 1.165) is 24.4 Å². The van der Waals surface area contributed by atoms with Crippen molar-refractivity contribution < 1.29 is 0 Å². The van der Waals surface area contributed by atoms with E-state index in [4.69, 9.17) is 0 Å². The van der Waals surface area contributed by atoms with E-state index in [9.17, 15) is 0 Å². The average molecular weight is 208 g/mol. The number of fused-ring (bicyclic) bond motifs is 1. The van der Waals surface area contributed by atoms with Crippen LogP contribution in [0, 0.1) is 18.8 Å². The molecule has 2 aliphatic rings. The van der Waals surface area contributed by atoms with Gasteiger partial charge in [0.2, 0.25) is 0 Å². The van der Waals surface area contributed by atoms with Crippen LogP contribution >= 0.6 is 11.3 Å². The minimum absolute atomic E-state index is 0.793. The van der Waals surface area contributed by atoms with Crippen LogP contribution < -0.4 is 5.32 Å². The fraction of sp³-hybridized carbons (Fsp3) is 0.727. The predicted octanol–water partition coefficient (Wildman–Crippen LogP) is 2.34. The largest absolute Gasteiger partial charge is 0.309 e. The third kappa shape index (κ3) is 1.71. The van der Waals surface area contributed by atoms with Crippen LogP contribution in [0.2, 0.25) is 0 Å². The molecule has 2 fully saturated rings. The summed E-state index contributed by atoms with van der Waals surface area (Å²) in [5.41, 5.74) is 0. The Labute approximate surface area is 88.7 Å². The van der Waals surface area contributed by atoms with E-state index in [1.807, 2.05) is 17.5 Å². The summed E-state index contributed by atoms with van der Waals surface area (Å²) in [4.78, 5) is 5.64. The third-order valence-corrected chi connectivity index (χ3v) is 4.39. The highest BCUT2D eigenvalue weighted by Gasteiger charge is 2.45. The second-order valence-electron chi connectivity index (χ2n) is 4.65. The smallest absolute Gasteiger partial charge is 0.0897 e. The molecule has 1 aromatic heterocycles. The number of aryl methyl sites for hydroxylation is 1. The summed E-state index contributed by atoms with van der Waals surface area (Å²) < 4.78 is 0. The molecule has 1 aromatic rings. The number of aromatic nitrogens is 1. The topological polar surface area (TPSA) is 24.9 Å². The number of hydrogen-bond donors (Lipinski definition) is 1. The van der Waals surface area contributed by atoms with Crippen LogP contribution in [0.4, 0.5) is 0 Å². The zero-order chi connectivity index (χ0) is 9.54. The molecule has 2 atom stereocenters. The molecule has 76 valence electrons. The van der Waals surface area contributed by atoms with E-state index in [2.05, 4.69) is 17.2 Å². The molecule has 0 saturated heterocycles. The maximum absolute atomic E-state index is 4.26. The highest BCUT2D eigenvalue weighted by molar-refractivity contribution is 7.11. The van der Waals surface area contributed by atoms with Gasteiger partial charge < -0.3 is 5.32 Å². The van der Waals surface area contributed by atoms with Gasteiger partial charge in [0.15, 0.2) is 0 Å². The normalized spacial score (nSPS) is 34.5. The molecule has 2 aliphatic carbocycles. The summed E-state index contributed by atoms with van der Waals surface area (Å²) in [5, 5.41) is 4.82. The Morgan fingerprint density at radius 3 is 2.86 bits per heavy atom. The Morgan fingerprint density at radius 1 is 1.43 bits per heavy atom. The number of rotatable bonds is 3. The second-order valence-corrected chi connectivity index (χ2v) is 5.97. The van der Waals surface area contributed by atoms with Crippen LogP contribution in [0.25, 0.3) is 0 Å². The Morgan fingerprint density at radius 2 is 2.21 bits per heavy atom. The first-order chi connectivity index (χ1) is 6.81. The van der Waals surface area contributed by atoms with E-state index in [1.54, 1.807) is 0 Å². The Bertz CT molecular complexity index is 324. The lowest BCUT2D eigenvalue weighted by atomic mass is 10.1. The van der Waals surface area contributed by atoms with Gasteiger partial charge in [-0.25, -0.2) is 4.98 Å². The van der Waals surface area contributed by atoms with E-state index in [-0.39, 0.29) is 0 Å². The molecule has 1 heterocycles. The van der Waals surface area contributed by atoms with E-state index >= 15 is 0 Å². The molecule has 3 rings (SSSR count). The highest BCUT2D eigenvalue weighted by atomic mass is 32.1. The number of nitrogens with one attached hydrogen (secondary N) is 1. The second kappa shape index (κ2) is 3.31. The van der Waals surface area contributed by atoms with Gasteiger partial charge in [-0.3, -0.25) is 0 Å². The van der Waals surface area contributed by atoms with Crippen LogP contribution in [0.1, 0.15) is 29.1 Å². The fourth-order valence-electron chi connectivity index (χ4n) is 2.61. The van der Waals surface area contributed by atoms with Crippen molar-refractivity contribution in [2.75, 3.05) is 0 Å². The first kappa shape index (κ1) is 8.86. The molecule has 0 amide bonds. The van der Waals surface area contributed by atoms with Crippen molar-refractivity contribution in [2.24, 2.45) is 11.8 Å². The summed E-state index contributed by atoms with van der Waals surface area (Å²) in [5.74, 6) is 2.16. The summed E-state index contributed by atoms with van der Waals surface area (Å²) in [6, 6.07) is 0.793. The molecule has 2 saturated carbocycles. The summed E-state index contributed by atoms with van der Waals surface area (Å²) in [7, 11) is 0. The molecular weight excluding hydrogens is 192 g/mol. The first-order valence-electron chi connectivity index (χ1n) is 5.46. The lowest BCUT2D eigenvalue weighted by molar-refractivity contribution is 0.482. The summed E-state index contributed by atoms with van der Waals surface area (Å²) in [6.45, 7) is 3.09.